The molecule has 2 N–H and O–H groups in total. The molecular weight excluding hydrogens is 406 g/mol. The molecule has 0 aliphatic carbocycles. The van der Waals surface area contributed by atoms with Gasteiger partial charge in [0.05, 0.1) is 4.90 Å². The van der Waals surface area contributed by atoms with Crippen LogP contribution < -0.4 is 10.4 Å². The van der Waals surface area contributed by atoms with Crippen LogP contribution in [0.1, 0.15) is 29.2 Å². The number of aromatic nitrogens is 3. The first-order chi connectivity index (χ1) is 14.4. The molecule has 0 saturated carbocycles. The van der Waals surface area contributed by atoms with Crippen LogP contribution in [0.15, 0.2) is 70.6 Å². The van der Waals surface area contributed by atoms with Crippen molar-refractivity contribution in [3.8, 4) is 0 Å². The Bertz CT molecular complexity index is 1180. The van der Waals surface area contributed by atoms with E-state index in [9.17, 15) is 18.0 Å². The summed E-state index contributed by atoms with van der Waals surface area (Å²) in [5.74, 6) is -0.120. The van der Waals surface area contributed by atoms with E-state index in [0.717, 1.165) is 0 Å². The van der Waals surface area contributed by atoms with Crippen molar-refractivity contribution in [2.75, 3.05) is 17.8 Å². The summed E-state index contributed by atoms with van der Waals surface area (Å²) in [4.78, 5) is 26.4. The highest BCUT2D eigenvalue weighted by Crippen LogP contribution is 2.23. The highest BCUT2D eigenvalue weighted by molar-refractivity contribution is 7.92. The van der Waals surface area contributed by atoms with Gasteiger partial charge in [0.15, 0.2) is 0 Å². The molecule has 2 aromatic carbocycles. The molecule has 4 rings (SSSR count). The number of anilines is 1. The summed E-state index contributed by atoms with van der Waals surface area (Å²) in [5, 5.41) is 6.13. The third-order valence-corrected chi connectivity index (χ3v) is 6.56. The molecule has 1 fully saturated rings. The number of hydrogen-bond donors (Lipinski definition) is 2. The van der Waals surface area contributed by atoms with Crippen molar-refractivity contribution in [2.24, 2.45) is 0 Å². The highest BCUT2D eigenvalue weighted by Gasteiger charge is 2.25. The van der Waals surface area contributed by atoms with Crippen LogP contribution in [0.3, 0.4) is 0 Å². The molecular formula is C20H21N5O4S. The van der Waals surface area contributed by atoms with Gasteiger partial charge < -0.3 is 4.90 Å². The molecule has 3 aromatic rings. The molecule has 0 atom stereocenters. The van der Waals surface area contributed by atoms with Gasteiger partial charge >= 0.3 is 5.69 Å². The van der Waals surface area contributed by atoms with E-state index in [1.54, 1.807) is 51.9 Å². The largest absolute Gasteiger partial charge is 0.343 e. The maximum Gasteiger partial charge on any atom is 0.343 e. The normalized spacial score (nSPS) is 15.1. The Morgan fingerprint density at radius 3 is 2.30 bits per heavy atom. The van der Waals surface area contributed by atoms with Gasteiger partial charge in [0, 0.05) is 30.4 Å². The predicted octanol–water partition coefficient (Wildman–Crippen LogP) is 1.85. The average Bonchev–Trinajstić information content (AvgIpc) is 3.20. The minimum atomic E-state index is -3.68. The van der Waals surface area contributed by atoms with E-state index in [-0.39, 0.29) is 22.5 Å². The van der Waals surface area contributed by atoms with Crippen LogP contribution in [0.2, 0.25) is 0 Å². The number of benzene rings is 2. The molecule has 0 unspecified atom stereocenters. The number of nitrogens with zero attached hydrogens (tertiary/aromatic N) is 3. The van der Waals surface area contributed by atoms with Gasteiger partial charge in [-0.2, -0.15) is 5.10 Å². The lowest BCUT2D eigenvalue weighted by Crippen LogP contribution is -2.40. The lowest BCUT2D eigenvalue weighted by molar-refractivity contribution is 0.0693. The zero-order valence-corrected chi connectivity index (χ0v) is 16.9. The molecule has 1 saturated heterocycles. The van der Waals surface area contributed by atoms with E-state index in [4.69, 9.17) is 0 Å². The number of H-pyrrole nitrogens is 1. The predicted molar refractivity (Wildman–Crippen MR) is 111 cm³/mol. The number of likely N-dealkylation sites (tertiary alicyclic amines) is 1. The summed E-state index contributed by atoms with van der Waals surface area (Å²) in [6.45, 7) is 1.06. The second kappa shape index (κ2) is 8.15. The lowest BCUT2D eigenvalue weighted by atomic mass is 10.0. The molecule has 1 aromatic heterocycles. The molecule has 0 bridgehead atoms. The van der Waals surface area contributed by atoms with Crippen molar-refractivity contribution < 1.29 is 13.2 Å². The number of amides is 1. The van der Waals surface area contributed by atoms with Gasteiger partial charge in [-0.25, -0.2) is 18.3 Å². The van der Waals surface area contributed by atoms with Crippen LogP contribution >= 0.6 is 0 Å². The molecule has 1 amide bonds. The molecule has 156 valence electrons. The monoisotopic (exact) mass is 427 g/mol. The number of hydrogen-bond acceptors (Lipinski definition) is 5. The van der Waals surface area contributed by atoms with E-state index < -0.39 is 10.0 Å². The summed E-state index contributed by atoms with van der Waals surface area (Å²) in [6, 6.07) is 14.5. The number of carbonyl (C=O) groups is 1. The van der Waals surface area contributed by atoms with Crippen molar-refractivity contribution in [3.63, 3.8) is 0 Å². The van der Waals surface area contributed by atoms with E-state index in [1.165, 1.54) is 18.5 Å². The SMILES string of the molecule is O=C(c1ccc(NS(=O)(=O)c2ccccc2)cc1)N1CCC(n2cn[nH]c2=O)CC1. The van der Waals surface area contributed by atoms with E-state index in [2.05, 4.69) is 14.9 Å². The number of aromatic amines is 1. The Balaban J connectivity index is 1.39. The Morgan fingerprint density at radius 1 is 1.03 bits per heavy atom. The maximum atomic E-state index is 12.8. The van der Waals surface area contributed by atoms with Gasteiger partial charge in [0.1, 0.15) is 6.33 Å². The number of piperidine rings is 1. The van der Waals surface area contributed by atoms with Crippen molar-refractivity contribution in [3.05, 3.63) is 77.0 Å². The highest BCUT2D eigenvalue weighted by atomic mass is 32.2. The standard InChI is InChI=1S/C20H21N5O4S/c26-19(24-12-10-17(11-13-24)25-14-21-22-20(25)27)15-6-8-16(9-7-15)23-30(28,29)18-4-2-1-3-5-18/h1-9,14,17,23H,10-13H2,(H,22,27). The second-order valence-corrected chi connectivity index (χ2v) is 8.77. The third-order valence-electron chi connectivity index (χ3n) is 5.16. The first-order valence-electron chi connectivity index (χ1n) is 9.53. The molecule has 1 aliphatic heterocycles. The minimum Gasteiger partial charge on any atom is -0.338 e. The minimum absolute atomic E-state index is 0.0232. The topological polar surface area (TPSA) is 117 Å². The van der Waals surface area contributed by atoms with Crippen molar-refractivity contribution in [2.45, 2.75) is 23.8 Å². The van der Waals surface area contributed by atoms with Gasteiger partial charge in [0.2, 0.25) is 0 Å². The summed E-state index contributed by atoms with van der Waals surface area (Å²) >= 11 is 0. The third kappa shape index (κ3) is 4.13. The van der Waals surface area contributed by atoms with E-state index in [1.807, 2.05) is 0 Å². The average molecular weight is 427 g/mol. The van der Waals surface area contributed by atoms with Crippen molar-refractivity contribution >= 4 is 21.6 Å². The zero-order chi connectivity index (χ0) is 21.1. The van der Waals surface area contributed by atoms with Gasteiger partial charge in [-0.3, -0.25) is 14.1 Å². The van der Waals surface area contributed by atoms with Crippen molar-refractivity contribution in [1.29, 1.82) is 0 Å². The Morgan fingerprint density at radius 2 is 1.70 bits per heavy atom. The summed E-state index contributed by atoms with van der Waals surface area (Å²) in [7, 11) is -3.68. The fourth-order valence-electron chi connectivity index (χ4n) is 3.54. The van der Waals surface area contributed by atoms with E-state index >= 15 is 0 Å². The first kappa shape index (κ1) is 19.9. The Kier molecular flexibility index (Phi) is 5.40. The summed E-state index contributed by atoms with van der Waals surface area (Å²) in [5.41, 5.74) is 0.623. The van der Waals surface area contributed by atoms with Crippen LogP contribution in [0.5, 0.6) is 0 Å². The van der Waals surface area contributed by atoms with Gasteiger partial charge in [-0.1, -0.05) is 18.2 Å². The molecule has 10 heteroatoms. The molecule has 9 nitrogen and oxygen atoms in total. The Hall–Kier alpha value is -3.40. The molecule has 0 radical (unpaired) electrons. The maximum absolute atomic E-state index is 12.8. The number of rotatable bonds is 5. The van der Waals surface area contributed by atoms with Gasteiger partial charge in [-0.05, 0) is 49.2 Å². The second-order valence-electron chi connectivity index (χ2n) is 7.09. The Labute approximate surface area is 173 Å². The summed E-state index contributed by atoms with van der Waals surface area (Å²) < 4.78 is 28.9. The number of sulfonamides is 1. The van der Waals surface area contributed by atoms with Crippen molar-refractivity contribution in [1.82, 2.24) is 19.7 Å². The van der Waals surface area contributed by atoms with Crippen LogP contribution in [0.25, 0.3) is 0 Å². The first-order valence-corrected chi connectivity index (χ1v) is 11.0. The fourth-order valence-corrected chi connectivity index (χ4v) is 4.62. The zero-order valence-electron chi connectivity index (χ0n) is 16.1. The number of carbonyl (C=O) groups excluding carboxylic acids is 1. The molecule has 0 spiro atoms. The smallest absolute Gasteiger partial charge is 0.338 e. The molecule has 30 heavy (non-hydrogen) atoms. The summed E-state index contributed by atoms with van der Waals surface area (Å²) in [6.07, 6.45) is 2.82. The van der Waals surface area contributed by atoms with Crippen LogP contribution in [0.4, 0.5) is 5.69 Å². The fraction of sp³-hybridized carbons (Fsp3) is 0.250. The number of nitrogens with one attached hydrogen (secondary N) is 2. The van der Waals surface area contributed by atoms with Gasteiger partial charge in [0.25, 0.3) is 15.9 Å². The molecule has 2 heterocycles. The van der Waals surface area contributed by atoms with Gasteiger partial charge in [-0.15, -0.1) is 0 Å². The quantitative estimate of drug-likeness (QED) is 0.644. The molecule has 1 aliphatic rings. The van der Waals surface area contributed by atoms with Crippen LogP contribution in [-0.2, 0) is 10.0 Å². The van der Waals surface area contributed by atoms with Crippen LogP contribution in [0, 0.1) is 0 Å². The van der Waals surface area contributed by atoms with Crippen LogP contribution in [-0.4, -0.2) is 47.1 Å². The lowest BCUT2D eigenvalue weighted by Gasteiger charge is -2.32. The van der Waals surface area contributed by atoms with E-state index in [0.29, 0.717) is 37.2 Å².